The molecule has 0 radical (unpaired) electrons. The van der Waals surface area contributed by atoms with Crippen LogP contribution in [0.15, 0.2) is 39.4 Å². The number of nitrogens with one attached hydrogen (secondary N) is 1. The van der Waals surface area contributed by atoms with Gasteiger partial charge in [-0.05, 0) is 40.2 Å². The lowest BCUT2D eigenvalue weighted by Gasteiger charge is -2.08. The molecule has 19 heavy (non-hydrogen) atoms. The molecule has 2 aromatic rings. The van der Waals surface area contributed by atoms with Gasteiger partial charge in [-0.15, -0.1) is 0 Å². The molecule has 1 heterocycles. The van der Waals surface area contributed by atoms with Crippen LogP contribution in [0, 0.1) is 5.82 Å². The van der Waals surface area contributed by atoms with E-state index in [2.05, 4.69) is 42.2 Å². The molecule has 0 aliphatic heterocycles. The third-order valence-electron chi connectivity index (χ3n) is 2.34. The summed E-state index contributed by atoms with van der Waals surface area (Å²) < 4.78 is 15.2. The molecule has 7 heteroatoms. The van der Waals surface area contributed by atoms with Gasteiger partial charge in [0, 0.05) is 15.1 Å². The van der Waals surface area contributed by atoms with Gasteiger partial charge in [0.2, 0.25) is 0 Å². The standard InChI is InChI=1S/C12H8Br2FN3O/c13-6-1-2-9(8(14)5-6)18-12(19)7-3-4-17-11(16)10(7)15/h1-5H,(H2,16,17)(H,18,19). The molecule has 1 aromatic heterocycles. The lowest BCUT2D eigenvalue weighted by molar-refractivity contribution is 0.102. The number of rotatable bonds is 2. The van der Waals surface area contributed by atoms with Gasteiger partial charge in [-0.1, -0.05) is 15.9 Å². The van der Waals surface area contributed by atoms with Gasteiger partial charge in [0.1, 0.15) is 0 Å². The summed E-state index contributed by atoms with van der Waals surface area (Å²) in [5, 5.41) is 2.59. The number of carbonyl (C=O) groups excluding carboxylic acids is 1. The first-order valence-corrected chi connectivity index (χ1v) is 6.74. The monoisotopic (exact) mass is 387 g/mol. The summed E-state index contributed by atoms with van der Waals surface area (Å²) in [6.07, 6.45) is 1.28. The number of hydrogen-bond acceptors (Lipinski definition) is 3. The molecular formula is C12H8Br2FN3O. The van der Waals surface area contributed by atoms with Gasteiger partial charge in [-0.25, -0.2) is 9.37 Å². The normalized spacial score (nSPS) is 10.3. The minimum absolute atomic E-state index is 0.151. The van der Waals surface area contributed by atoms with Crippen LogP contribution in [0.5, 0.6) is 0 Å². The molecule has 0 spiro atoms. The van der Waals surface area contributed by atoms with Crippen molar-refractivity contribution in [3.05, 3.63) is 50.8 Å². The zero-order chi connectivity index (χ0) is 14.0. The zero-order valence-electron chi connectivity index (χ0n) is 9.45. The van der Waals surface area contributed by atoms with Crippen molar-refractivity contribution in [2.45, 2.75) is 0 Å². The minimum Gasteiger partial charge on any atom is -0.381 e. The van der Waals surface area contributed by atoms with E-state index in [1.165, 1.54) is 12.3 Å². The quantitative estimate of drug-likeness (QED) is 0.826. The fraction of sp³-hybridized carbons (Fsp3) is 0. The van der Waals surface area contributed by atoms with E-state index in [1.807, 2.05) is 0 Å². The summed E-state index contributed by atoms with van der Waals surface area (Å²) in [5.41, 5.74) is 5.70. The number of aromatic nitrogens is 1. The maximum atomic E-state index is 13.7. The van der Waals surface area contributed by atoms with Gasteiger partial charge in [-0.3, -0.25) is 4.79 Å². The lowest BCUT2D eigenvalue weighted by atomic mass is 10.2. The van der Waals surface area contributed by atoms with Crippen LogP contribution < -0.4 is 11.1 Å². The van der Waals surface area contributed by atoms with Crippen LogP contribution in [-0.2, 0) is 0 Å². The number of nitrogen functional groups attached to an aromatic ring is 1. The summed E-state index contributed by atoms with van der Waals surface area (Å²) in [5.74, 6) is -1.72. The Labute approximate surface area is 125 Å². The third kappa shape index (κ3) is 3.10. The number of benzene rings is 1. The fourth-order valence-corrected chi connectivity index (χ4v) is 2.56. The Kier molecular flexibility index (Phi) is 4.16. The Hall–Kier alpha value is -1.47. The first-order chi connectivity index (χ1) is 8.99. The van der Waals surface area contributed by atoms with E-state index in [4.69, 9.17) is 5.73 Å². The van der Waals surface area contributed by atoms with Gasteiger partial charge < -0.3 is 11.1 Å². The SMILES string of the molecule is Nc1nccc(C(=O)Nc2ccc(Br)cc2Br)c1F. The average Bonchev–Trinajstić information content (AvgIpc) is 2.36. The number of nitrogens with zero attached hydrogens (tertiary/aromatic N) is 1. The van der Waals surface area contributed by atoms with Gasteiger partial charge in [0.05, 0.1) is 11.3 Å². The van der Waals surface area contributed by atoms with Crippen LogP contribution in [0.2, 0.25) is 0 Å². The molecule has 0 unspecified atom stereocenters. The molecule has 0 bridgehead atoms. The van der Waals surface area contributed by atoms with E-state index in [0.29, 0.717) is 10.2 Å². The van der Waals surface area contributed by atoms with Crippen molar-refractivity contribution < 1.29 is 9.18 Å². The molecule has 0 atom stereocenters. The molecule has 0 fully saturated rings. The lowest BCUT2D eigenvalue weighted by Crippen LogP contribution is -2.15. The van der Waals surface area contributed by atoms with E-state index in [0.717, 1.165) is 4.47 Å². The number of pyridine rings is 1. The number of hydrogen-bond donors (Lipinski definition) is 2. The van der Waals surface area contributed by atoms with E-state index in [9.17, 15) is 9.18 Å². The molecule has 1 aromatic carbocycles. The van der Waals surface area contributed by atoms with E-state index in [-0.39, 0.29) is 11.4 Å². The molecule has 0 aliphatic carbocycles. The molecule has 4 nitrogen and oxygen atoms in total. The van der Waals surface area contributed by atoms with Crippen molar-refractivity contribution >= 4 is 49.3 Å². The Morgan fingerprint density at radius 3 is 2.74 bits per heavy atom. The highest BCUT2D eigenvalue weighted by atomic mass is 79.9. The predicted octanol–water partition coefficient (Wildman–Crippen LogP) is 3.58. The summed E-state index contributed by atoms with van der Waals surface area (Å²) >= 11 is 6.61. The molecular weight excluding hydrogens is 381 g/mol. The highest BCUT2D eigenvalue weighted by Gasteiger charge is 2.15. The van der Waals surface area contributed by atoms with E-state index >= 15 is 0 Å². The van der Waals surface area contributed by atoms with E-state index in [1.54, 1.807) is 18.2 Å². The minimum atomic E-state index is -0.826. The molecule has 0 saturated heterocycles. The van der Waals surface area contributed by atoms with Gasteiger partial charge in [0.25, 0.3) is 5.91 Å². The van der Waals surface area contributed by atoms with Crippen molar-refractivity contribution in [3.63, 3.8) is 0 Å². The van der Waals surface area contributed by atoms with Crippen LogP contribution in [0.4, 0.5) is 15.9 Å². The summed E-state index contributed by atoms with van der Waals surface area (Å²) in [6.45, 7) is 0. The molecule has 0 aliphatic rings. The molecule has 3 N–H and O–H groups in total. The second kappa shape index (κ2) is 5.66. The van der Waals surface area contributed by atoms with Crippen LogP contribution in [0.25, 0.3) is 0 Å². The topological polar surface area (TPSA) is 68.0 Å². The first kappa shape index (κ1) is 14.0. The van der Waals surface area contributed by atoms with E-state index < -0.39 is 11.7 Å². The van der Waals surface area contributed by atoms with Crippen molar-refractivity contribution in [1.29, 1.82) is 0 Å². The Morgan fingerprint density at radius 2 is 2.05 bits per heavy atom. The van der Waals surface area contributed by atoms with Crippen LogP contribution in [0.1, 0.15) is 10.4 Å². The van der Waals surface area contributed by atoms with Crippen molar-refractivity contribution in [1.82, 2.24) is 4.98 Å². The third-order valence-corrected chi connectivity index (χ3v) is 3.49. The number of carbonyl (C=O) groups is 1. The second-order valence-electron chi connectivity index (χ2n) is 3.64. The summed E-state index contributed by atoms with van der Waals surface area (Å²) in [6, 6.07) is 6.49. The smallest absolute Gasteiger partial charge is 0.258 e. The predicted molar refractivity (Wildman–Crippen MR) is 78.4 cm³/mol. The fourth-order valence-electron chi connectivity index (χ4n) is 1.42. The van der Waals surface area contributed by atoms with Crippen molar-refractivity contribution in [3.8, 4) is 0 Å². The molecule has 0 saturated carbocycles. The van der Waals surface area contributed by atoms with Gasteiger partial charge in [0.15, 0.2) is 11.6 Å². The number of anilines is 2. The van der Waals surface area contributed by atoms with Gasteiger partial charge in [-0.2, -0.15) is 0 Å². The van der Waals surface area contributed by atoms with Crippen LogP contribution >= 0.6 is 31.9 Å². The number of halogens is 3. The molecule has 1 amide bonds. The average molecular weight is 389 g/mol. The zero-order valence-corrected chi connectivity index (χ0v) is 12.6. The first-order valence-electron chi connectivity index (χ1n) is 5.15. The van der Waals surface area contributed by atoms with Crippen LogP contribution in [-0.4, -0.2) is 10.9 Å². The summed E-state index contributed by atoms with van der Waals surface area (Å²) in [7, 11) is 0. The maximum Gasteiger partial charge on any atom is 0.258 e. The van der Waals surface area contributed by atoms with Crippen molar-refractivity contribution in [2.24, 2.45) is 0 Å². The highest BCUT2D eigenvalue weighted by Crippen LogP contribution is 2.26. The number of nitrogens with two attached hydrogens (primary N) is 1. The largest absolute Gasteiger partial charge is 0.381 e. The van der Waals surface area contributed by atoms with Gasteiger partial charge >= 0.3 is 0 Å². The van der Waals surface area contributed by atoms with Crippen LogP contribution in [0.3, 0.4) is 0 Å². The summed E-state index contributed by atoms with van der Waals surface area (Å²) in [4.78, 5) is 15.5. The number of amides is 1. The van der Waals surface area contributed by atoms with Crippen molar-refractivity contribution in [2.75, 3.05) is 11.1 Å². The molecule has 2 rings (SSSR count). The maximum absolute atomic E-state index is 13.7. The second-order valence-corrected chi connectivity index (χ2v) is 5.41. The molecule has 98 valence electrons. The highest BCUT2D eigenvalue weighted by molar-refractivity contribution is 9.11. The Balaban J connectivity index is 2.28. The Morgan fingerprint density at radius 1 is 1.32 bits per heavy atom. The Bertz CT molecular complexity index is 649.